The monoisotopic (exact) mass is 117 g/mol. The molecule has 0 spiro atoms. The maximum atomic E-state index is 10.2. The summed E-state index contributed by atoms with van der Waals surface area (Å²) in [7, 11) is 1.57. The van der Waals surface area contributed by atoms with Crippen molar-refractivity contribution in [1.29, 1.82) is 0 Å². The van der Waals surface area contributed by atoms with Gasteiger partial charge in [0.2, 0.25) is 5.91 Å². The van der Waals surface area contributed by atoms with E-state index in [1.165, 1.54) is 11.5 Å². The van der Waals surface area contributed by atoms with Crippen LogP contribution in [-0.2, 0) is 4.79 Å². The van der Waals surface area contributed by atoms with E-state index in [1.54, 1.807) is 7.05 Å². The first-order chi connectivity index (χ1) is 3.31. The van der Waals surface area contributed by atoms with Crippen LogP contribution < -0.4 is 5.32 Å². The third kappa shape index (κ3) is 3.39. The highest BCUT2D eigenvalue weighted by Gasteiger charge is 1.81. The molecule has 0 radical (unpaired) electrons. The summed E-state index contributed by atoms with van der Waals surface area (Å²) in [6, 6.07) is 0. The number of nitrogens with one attached hydrogen (secondary N) is 1. The van der Waals surface area contributed by atoms with Crippen molar-refractivity contribution in [3.05, 3.63) is 11.5 Å². The van der Waals surface area contributed by atoms with Gasteiger partial charge in [-0.1, -0.05) is 0 Å². The first kappa shape index (κ1) is 6.56. The van der Waals surface area contributed by atoms with E-state index in [4.69, 9.17) is 0 Å². The smallest absolute Gasteiger partial charge is 0.244 e. The molecule has 0 aromatic heterocycles. The summed E-state index contributed by atoms with van der Waals surface area (Å²) < 4.78 is 0. The molecule has 0 bridgehead atoms. The lowest BCUT2D eigenvalue weighted by Crippen LogP contribution is -2.13. The van der Waals surface area contributed by atoms with Gasteiger partial charge in [-0.3, -0.25) is 4.79 Å². The van der Waals surface area contributed by atoms with Gasteiger partial charge in [0.15, 0.2) is 0 Å². The number of hydrogen-bond donors (Lipinski definition) is 2. The Bertz CT molecular complexity index is 89.7. The number of likely N-dealkylation sites (N-methyl/N-ethyl adjacent to an activating group) is 1. The predicted octanol–water partition coefficient (Wildman–Crippen LogP) is 0.176. The number of amides is 1. The number of carbonyl (C=O) groups is 1. The Morgan fingerprint density at radius 1 is 1.86 bits per heavy atom. The summed E-state index contributed by atoms with van der Waals surface area (Å²) in [5.74, 6) is -0.130. The molecule has 0 aromatic carbocycles. The molecule has 40 valence electrons. The number of thiol groups is 1. The van der Waals surface area contributed by atoms with Crippen molar-refractivity contribution in [3.63, 3.8) is 0 Å². The fraction of sp³-hybridized carbons (Fsp3) is 0.250. The molecule has 0 aliphatic heterocycles. The van der Waals surface area contributed by atoms with E-state index < -0.39 is 0 Å². The third-order valence-corrected chi connectivity index (χ3v) is 0.621. The van der Waals surface area contributed by atoms with E-state index >= 15 is 0 Å². The van der Waals surface area contributed by atoms with E-state index in [0.717, 1.165) is 0 Å². The fourth-order valence-electron chi connectivity index (χ4n) is 0.151. The SMILES string of the molecule is CNC(=O)C=CS. The van der Waals surface area contributed by atoms with Gasteiger partial charge in [-0.05, 0) is 5.41 Å². The maximum Gasteiger partial charge on any atom is 0.244 e. The first-order valence-electron chi connectivity index (χ1n) is 1.83. The molecule has 0 rings (SSSR count). The van der Waals surface area contributed by atoms with E-state index in [9.17, 15) is 4.79 Å². The highest BCUT2D eigenvalue weighted by molar-refractivity contribution is 7.83. The van der Waals surface area contributed by atoms with Crippen molar-refractivity contribution in [2.24, 2.45) is 0 Å². The second kappa shape index (κ2) is 3.74. The van der Waals surface area contributed by atoms with Crippen molar-refractivity contribution in [2.45, 2.75) is 0 Å². The molecule has 2 nitrogen and oxygen atoms in total. The zero-order valence-electron chi connectivity index (χ0n) is 4.01. The van der Waals surface area contributed by atoms with Crippen molar-refractivity contribution in [2.75, 3.05) is 7.05 Å². The molecule has 0 atom stereocenters. The summed E-state index contributed by atoms with van der Waals surface area (Å²) in [5, 5.41) is 3.78. The summed E-state index contributed by atoms with van der Waals surface area (Å²) in [6.45, 7) is 0. The lowest BCUT2D eigenvalue weighted by Gasteiger charge is -1.84. The molecule has 0 saturated heterocycles. The normalized spacial score (nSPS) is 9.43. The molecule has 0 heterocycles. The van der Waals surface area contributed by atoms with Crippen LogP contribution >= 0.6 is 12.6 Å². The number of rotatable bonds is 1. The van der Waals surface area contributed by atoms with Crippen LogP contribution in [0.4, 0.5) is 0 Å². The average Bonchev–Trinajstić information content (AvgIpc) is 1.68. The molecule has 0 aromatic rings. The molecule has 0 aliphatic rings. The highest BCUT2D eigenvalue weighted by Crippen LogP contribution is 1.74. The van der Waals surface area contributed by atoms with E-state index in [1.807, 2.05) is 0 Å². The van der Waals surface area contributed by atoms with Gasteiger partial charge in [0.25, 0.3) is 0 Å². The summed E-state index contributed by atoms with van der Waals surface area (Å²) in [5.41, 5.74) is 0. The van der Waals surface area contributed by atoms with E-state index in [-0.39, 0.29) is 5.91 Å². The van der Waals surface area contributed by atoms with Gasteiger partial charge in [-0.15, -0.1) is 0 Å². The van der Waals surface area contributed by atoms with Crippen LogP contribution in [0.1, 0.15) is 0 Å². The third-order valence-electron chi connectivity index (χ3n) is 0.472. The molecular weight excluding hydrogens is 110 g/mol. The predicted molar refractivity (Wildman–Crippen MR) is 32.2 cm³/mol. The minimum atomic E-state index is -0.130. The van der Waals surface area contributed by atoms with Gasteiger partial charge in [0.1, 0.15) is 0 Å². The quantitative estimate of drug-likeness (QED) is 0.372. The minimum Gasteiger partial charge on any atom is -0.356 e. The van der Waals surface area contributed by atoms with E-state index in [2.05, 4.69) is 17.9 Å². The molecule has 1 N–H and O–H groups in total. The van der Waals surface area contributed by atoms with Gasteiger partial charge < -0.3 is 5.32 Å². The first-order valence-corrected chi connectivity index (χ1v) is 2.35. The maximum absolute atomic E-state index is 10.2. The number of carbonyl (C=O) groups excluding carboxylic acids is 1. The lowest BCUT2D eigenvalue weighted by molar-refractivity contribution is -0.116. The average molecular weight is 117 g/mol. The van der Waals surface area contributed by atoms with Crippen LogP contribution in [-0.4, -0.2) is 13.0 Å². The largest absolute Gasteiger partial charge is 0.356 e. The van der Waals surface area contributed by atoms with Crippen LogP contribution in [0.5, 0.6) is 0 Å². The summed E-state index contributed by atoms with van der Waals surface area (Å²) in [4.78, 5) is 10.2. The topological polar surface area (TPSA) is 29.1 Å². The Balaban J connectivity index is 3.37. The van der Waals surface area contributed by atoms with Gasteiger partial charge >= 0.3 is 0 Å². The number of hydrogen-bond acceptors (Lipinski definition) is 2. The Labute approximate surface area is 48.0 Å². The molecular formula is C4H7NOS. The van der Waals surface area contributed by atoms with Crippen LogP contribution in [0.3, 0.4) is 0 Å². The molecule has 0 saturated carbocycles. The van der Waals surface area contributed by atoms with Gasteiger partial charge in [-0.25, -0.2) is 0 Å². The van der Waals surface area contributed by atoms with Crippen molar-refractivity contribution in [3.8, 4) is 0 Å². The zero-order chi connectivity index (χ0) is 5.70. The Hall–Kier alpha value is -0.440. The standard InChI is InChI=1S/C4H7NOS/c1-5-4(6)2-3-7/h2-3,7H,1H3,(H,5,6). The lowest BCUT2D eigenvalue weighted by atomic mass is 10.6. The summed E-state index contributed by atoms with van der Waals surface area (Å²) >= 11 is 3.67. The minimum absolute atomic E-state index is 0.130. The second-order valence-corrected chi connectivity index (χ2v) is 1.23. The van der Waals surface area contributed by atoms with Crippen LogP contribution in [0, 0.1) is 0 Å². The highest BCUT2D eigenvalue weighted by atomic mass is 32.1. The Morgan fingerprint density at radius 2 is 2.43 bits per heavy atom. The molecule has 0 fully saturated rings. The van der Waals surface area contributed by atoms with E-state index in [0.29, 0.717) is 0 Å². The molecule has 1 amide bonds. The van der Waals surface area contributed by atoms with Gasteiger partial charge in [-0.2, -0.15) is 12.6 Å². The van der Waals surface area contributed by atoms with Crippen LogP contribution in [0.2, 0.25) is 0 Å². The van der Waals surface area contributed by atoms with Crippen LogP contribution in [0.25, 0.3) is 0 Å². The van der Waals surface area contributed by atoms with Crippen molar-refractivity contribution >= 4 is 18.5 Å². The van der Waals surface area contributed by atoms with Gasteiger partial charge in [0.05, 0.1) is 0 Å². The molecule has 7 heavy (non-hydrogen) atoms. The van der Waals surface area contributed by atoms with Crippen LogP contribution in [0.15, 0.2) is 11.5 Å². The molecule has 0 unspecified atom stereocenters. The summed E-state index contributed by atoms with van der Waals surface area (Å²) in [6.07, 6.45) is 1.34. The molecule has 0 aliphatic carbocycles. The molecule has 3 heteroatoms. The fourth-order valence-corrected chi connectivity index (χ4v) is 0.286. The Kier molecular flexibility index (Phi) is 3.50. The van der Waals surface area contributed by atoms with Crippen molar-refractivity contribution < 1.29 is 4.79 Å². The van der Waals surface area contributed by atoms with Gasteiger partial charge in [0, 0.05) is 13.1 Å². The second-order valence-electron chi connectivity index (χ2n) is 0.930. The Morgan fingerprint density at radius 3 is 2.57 bits per heavy atom. The zero-order valence-corrected chi connectivity index (χ0v) is 4.90. The van der Waals surface area contributed by atoms with Crippen molar-refractivity contribution in [1.82, 2.24) is 5.32 Å².